The molecule has 84 valence electrons. The Morgan fingerprint density at radius 3 is 2.53 bits per heavy atom. The van der Waals surface area contributed by atoms with E-state index in [9.17, 15) is 4.39 Å². The van der Waals surface area contributed by atoms with Gasteiger partial charge in [0.15, 0.2) is 0 Å². The Hall–Kier alpha value is -0.600. The third kappa shape index (κ3) is 3.80. The van der Waals surface area contributed by atoms with Crippen LogP contribution in [0.25, 0.3) is 0 Å². The quantitative estimate of drug-likeness (QED) is 0.832. The number of nitrogens with two attached hydrogens (primary N) is 1. The van der Waals surface area contributed by atoms with Crippen molar-refractivity contribution in [3.63, 3.8) is 0 Å². The number of halogens is 2. The van der Waals surface area contributed by atoms with Gasteiger partial charge < -0.3 is 5.73 Å². The molecule has 0 unspecified atom stereocenters. The highest BCUT2D eigenvalue weighted by molar-refractivity contribution is 6.30. The summed E-state index contributed by atoms with van der Waals surface area (Å²) >= 11 is 5.67. The van der Waals surface area contributed by atoms with E-state index in [1.54, 1.807) is 12.1 Å². The van der Waals surface area contributed by atoms with Crippen molar-refractivity contribution in [3.05, 3.63) is 34.6 Å². The molecule has 3 heteroatoms. The number of benzene rings is 1. The predicted octanol–water partition coefficient (Wildman–Crippen LogP) is 3.92. The molecule has 1 aromatic carbocycles. The SMILES string of the molecule is CC(C)CC[C@H](N)c1ccc(Cl)cc1F. The van der Waals surface area contributed by atoms with Crippen LogP contribution in [0.4, 0.5) is 4.39 Å². The van der Waals surface area contributed by atoms with Gasteiger partial charge in [0.05, 0.1) is 0 Å². The molecule has 0 aromatic heterocycles. The molecule has 15 heavy (non-hydrogen) atoms. The van der Waals surface area contributed by atoms with Crippen molar-refractivity contribution < 1.29 is 4.39 Å². The molecule has 1 rings (SSSR count). The smallest absolute Gasteiger partial charge is 0.129 e. The van der Waals surface area contributed by atoms with Crippen LogP contribution >= 0.6 is 11.6 Å². The number of hydrogen-bond donors (Lipinski definition) is 1. The molecule has 0 amide bonds. The Morgan fingerprint density at radius 2 is 2.00 bits per heavy atom. The van der Waals surface area contributed by atoms with E-state index in [1.165, 1.54) is 6.07 Å². The van der Waals surface area contributed by atoms with Gasteiger partial charge in [-0.05, 0) is 30.9 Å². The molecule has 0 spiro atoms. The fraction of sp³-hybridized carbons (Fsp3) is 0.500. The highest BCUT2D eigenvalue weighted by Gasteiger charge is 2.11. The summed E-state index contributed by atoms with van der Waals surface area (Å²) in [5, 5.41) is 0.410. The molecule has 0 radical (unpaired) electrons. The minimum absolute atomic E-state index is 0.232. The Labute approximate surface area is 95.4 Å². The minimum atomic E-state index is -0.307. The van der Waals surface area contributed by atoms with Gasteiger partial charge in [0.1, 0.15) is 5.82 Å². The van der Waals surface area contributed by atoms with E-state index in [0.717, 1.165) is 12.8 Å². The van der Waals surface area contributed by atoms with Crippen LogP contribution < -0.4 is 5.73 Å². The van der Waals surface area contributed by atoms with Crippen molar-refractivity contribution in [1.82, 2.24) is 0 Å². The monoisotopic (exact) mass is 229 g/mol. The zero-order valence-electron chi connectivity index (χ0n) is 9.13. The van der Waals surface area contributed by atoms with E-state index in [0.29, 0.717) is 16.5 Å². The fourth-order valence-corrected chi connectivity index (χ4v) is 1.63. The largest absolute Gasteiger partial charge is 0.324 e. The summed E-state index contributed by atoms with van der Waals surface area (Å²) in [7, 11) is 0. The Morgan fingerprint density at radius 1 is 1.33 bits per heavy atom. The average Bonchev–Trinajstić information content (AvgIpc) is 2.14. The van der Waals surface area contributed by atoms with Gasteiger partial charge in [-0.15, -0.1) is 0 Å². The van der Waals surface area contributed by atoms with Crippen molar-refractivity contribution in [1.29, 1.82) is 0 Å². The van der Waals surface area contributed by atoms with Crippen LogP contribution in [0.15, 0.2) is 18.2 Å². The van der Waals surface area contributed by atoms with Crippen molar-refractivity contribution in [2.24, 2.45) is 11.7 Å². The van der Waals surface area contributed by atoms with Gasteiger partial charge >= 0.3 is 0 Å². The second-order valence-corrected chi connectivity index (χ2v) is 4.68. The topological polar surface area (TPSA) is 26.0 Å². The number of rotatable bonds is 4. The van der Waals surface area contributed by atoms with Crippen LogP contribution in [-0.2, 0) is 0 Å². The Bertz CT molecular complexity index is 325. The molecule has 0 aliphatic rings. The van der Waals surface area contributed by atoms with E-state index in [2.05, 4.69) is 13.8 Å². The second-order valence-electron chi connectivity index (χ2n) is 4.24. The third-order valence-corrected chi connectivity index (χ3v) is 2.65. The molecule has 0 heterocycles. The first-order valence-corrected chi connectivity index (χ1v) is 5.59. The first-order chi connectivity index (χ1) is 7.00. The molecule has 1 aromatic rings. The van der Waals surface area contributed by atoms with Gasteiger partial charge in [0, 0.05) is 16.6 Å². The maximum Gasteiger partial charge on any atom is 0.129 e. The molecule has 0 fully saturated rings. The van der Waals surface area contributed by atoms with Gasteiger partial charge in [-0.1, -0.05) is 31.5 Å². The molecule has 1 nitrogen and oxygen atoms in total. The van der Waals surface area contributed by atoms with Crippen molar-refractivity contribution in [2.45, 2.75) is 32.7 Å². The van der Waals surface area contributed by atoms with Gasteiger partial charge in [0.25, 0.3) is 0 Å². The molecule has 1 atom stereocenters. The van der Waals surface area contributed by atoms with Crippen LogP contribution in [-0.4, -0.2) is 0 Å². The molecule has 0 aliphatic carbocycles. The van der Waals surface area contributed by atoms with Gasteiger partial charge in [0.2, 0.25) is 0 Å². The van der Waals surface area contributed by atoms with Crippen LogP contribution in [0.3, 0.4) is 0 Å². The third-order valence-electron chi connectivity index (χ3n) is 2.42. The maximum absolute atomic E-state index is 13.5. The predicted molar refractivity (Wildman–Crippen MR) is 62.4 cm³/mol. The molecular formula is C12H17ClFN. The normalized spacial score (nSPS) is 13.2. The first-order valence-electron chi connectivity index (χ1n) is 5.21. The highest BCUT2D eigenvalue weighted by atomic mass is 35.5. The van der Waals surface area contributed by atoms with E-state index in [-0.39, 0.29) is 11.9 Å². The molecule has 0 aliphatic heterocycles. The summed E-state index contributed by atoms with van der Waals surface area (Å²) in [6.07, 6.45) is 1.81. The molecular weight excluding hydrogens is 213 g/mol. The first kappa shape index (κ1) is 12.5. The molecule has 2 N–H and O–H groups in total. The van der Waals surface area contributed by atoms with E-state index in [4.69, 9.17) is 17.3 Å². The van der Waals surface area contributed by atoms with Crippen LogP contribution in [0.1, 0.15) is 38.3 Å². The lowest BCUT2D eigenvalue weighted by Gasteiger charge is -2.14. The van der Waals surface area contributed by atoms with Crippen LogP contribution in [0, 0.1) is 11.7 Å². The van der Waals surface area contributed by atoms with Crippen molar-refractivity contribution in [3.8, 4) is 0 Å². The summed E-state index contributed by atoms with van der Waals surface area (Å²) in [6.45, 7) is 4.26. The standard InChI is InChI=1S/C12H17ClFN/c1-8(2)3-6-12(15)10-5-4-9(13)7-11(10)14/h4-5,7-8,12H,3,6,15H2,1-2H3/t12-/m0/s1. The molecule has 0 saturated carbocycles. The molecule has 0 bridgehead atoms. The summed E-state index contributed by atoms with van der Waals surface area (Å²) in [6, 6.07) is 4.42. The molecule has 0 saturated heterocycles. The Kier molecular flexibility index (Phi) is 4.55. The summed E-state index contributed by atoms with van der Waals surface area (Å²) < 4.78 is 13.5. The van der Waals surface area contributed by atoms with Gasteiger partial charge in [-0.3, -0.25) is 0 Å². The zero-order valence-corrected chi connectivity index (χ0v) is 9.89. The zero-order chi connectivity index (χ0) is 11.4. The van der Waals surface area contributed by atoms with Crippen molar-refractivity contribution >= 4 is 11.6 Å². The lowest BCUT2D eigenvalue weighted by atomic mass is 9.98. The average molecular weight is 230 g/mol. The van der Waals surface area contributed by atoms with Crippen LogP contribution in [0.5, 0.6) is 0 Å². The maximum atomic E-state index is 13.5. The lowest BCUT2D eigenvalue weighted by Crippen LogP contribution is -2.12. The van der Waals surface area contributed by atoms with E-state index < -0.39 is 0 Å². The van der Waals surface area contributed by atoms with Crippen molar-refractivity contribution in [2.75, 3.05) is 0 Å². The van der Waals surface area contributed by atoms with E-state index >= 15 is 0 Å². The fourth-order valence-electron chi connectivity index (χ4n) is 1.47. The van der Waals surface area contributed by atoms with E-state index in [1.807, 2.05) is 0 Å². The highest BCUT2D eigenvalue weighted by Crippen LogP contribution is 2.23. The summed E-state index contributed by atoms with van der Waals surface area (Å²) in [4.78, 5) is 0. The second kappa shape index (κ2) is 5.47. The lowest BCUT2D eigenvalue weighted by molar-refractivity contribution is 0.491. The van der Waals surface area contributed by atoms with Gasteiger partial charge in [-0.2, -0.15) is 0 Å². The number of hydrogen-bond acceptors (Lipinski definition) is 1. The summed E-state index contributed by atoms with van der Waals surface area (Å²) in [5.74, 6) is 0.283. The Balaban J connectivity index is 2.69. The van der Waals surface area contributed by atoms with Gasteiger partial charge in [-0.25, -0.2) is 4.39 Å². The minimum Gasteiger partial charge on any atom is -0.324 e. The van der Waals surface area contributed by atoms with Crippen LogP contribution in [0.2, 0.25) is 5.02 Å². The summed E-state index contributed by atoms with van der Waals surface area (Å²) in [5.41, 5.74) is 6.47.